The molecule has 6 heteroatoms. The molecule has 1 N–H and O–H groups in total. The smallest absolute Gasteiger partial charge is 0.253 e. The Morgan fingerprint density at radius 3 is 2.43 bits per heavy atom. The Labute approximate surface area is 169 Å². The van der Waals surface area contributed by atoms with Crippen LogP contribution in [0.15, 0.2) is 24.3 Å². The van der Waals surface area contributed by atoms with Gasteiger partial charge < -0.3 is 10.2 Å². The number of hydrogen-bond donors (Lipinski definition) is 1. The molecule has 28 heavy (non-hydrogen) atoms. The zero-order valence-electron chi connectivity index (χ0n) is 18.1. The lowest BCUT2D eigenvalue weighted by atomic mass is 10.1. The van der Waals surface area contributed by atoms with Crippen LogP contribution in [0.25, 0.3) is 0 Å². The number of likely N-dealkylation sites (tertiary alicyclic amines) is 1. The first-order valence-corrected chi connectivity index (χ1v) is 10.6. The molecule has 1 saturated heterocycles. The van der Waals surface area contributed by atoms with Crippen molar-refractivity contribution in [2.75, 3.05) is 44.6 Å². The van der Waals surface area contributed by atoms with Gasteiger partial charge in [-0.25, -0.2) is 0 Å². The predicted molar refractivity (Wildman–Crippen MR) is 115 cm³/mol. The van der Waals surface area contributed by atoms with E-state index in [0.717, 1.165) is 32.6 Å². The summed E-state index contributed by atoms with van der Waals surface area (Å²) in [7, 11) is 0. The number of hydrogen-bond acceptors (Lipinski definition) is 4. The summed E-state index contributed by atoms with van der Waals surface area (Å²) in [5.74, 6) is -0.0246. The maximum absolute atomic E-state index is 12.8. The highest BCUT2D eigenvalue weighted by Crippen LogP contribution is 2.19. The quantitative estimate of drug-likeness (QED) is 0.707. The molecule has 0 bridgehead atoms. The highest BCUT2D eigenvalue weighted by molar-refractivity contribution is 5.98. The van der Waals surface area contributed by atoms with Gasteiger partial charge in [0, 0.05) is 43.5 Å². The van der Waals surface area contributed by atoms with E-state index < -0.39 is 0 Å². The van der Waals surface area contributed by atoms with Gasteiger partial charge in [0.15, 0.2) is 0 Å². The standard InChI is InChI=1S/C22H36N4O2/c1-6-24(7-2)20-13-14-26(16-20)17(5)21(27)23-19-12-10-11-18(15-19)22(28)25(8-3)9-4/h10-12,15,17,20H,6-9,13-14,16H2,1-5H3,(H,23,27)/t17-,20+/m0/s1. The number of likely N-dealkylation sites (N-methyl/N-ethyl adjacent to an activating group) is 1. The van der Waals surface area contributed by atoms with Crippen LogP contribution in [0.2, 0.25) is 0 Å². The van der Waals surface area contributed by atoms with Crippen molar-refractivity contribution in [1.29, 1.82) is 0 Å². The van der Waals surface area contributed by atoms with E-state index in [1.54, 1.807) is 17.0 Å². The number of nitrogens with one attached hydrogen (secondary N) is 1. The summed E-state index contributed by atoms with van der Waals surface area (Å²) in [5, 5.41) is 3.00. The lowest BCUT2D eigenvalue weighted by Crippen LogP contribution is -2.43. The zero-order valence-corrected chi connectivity index (χ0v) is 18.1. The predicted octanol–water partition coefficient (Wildman–Crippen LogP) is 2.91. The molecule has 0 aliphatic carbocycles. The van der Waals surface area contributed by atoms with Crippen LogP contribution >= 0.6 is 0 Å². The van der Waals surface area contributed by atoms with E-state index in [1.807, 2.05) is 32.9 Å². The van der Waals surface area contributed by atoms with Crippen molar-refractivity contribution in [2.24, 2.45) is 0 Å². The van der Waals surface area contributed by atoms with Gasteiger partial charge in [0.05, 0.1) is 6.04 Å². The molecule has 156 valence electrons. The number of benzene rings is 1. The van der Waals surface area contributed by atoms with Gasteiger partial charge in [0.25, 0.3) is 5.91 Å². The first-order valence-electron chi connectivity index (χ1n) is 10.6. The Hall–Kier alpha value is -1.92. The molecule has 1 aromatic carbocycles. The summed E-state index contributed by atoms with van der Waals surface area (Å²) in [6.45, 7) is 15.6. The summed E-state index contributed by atoms with van der Waals surface area (Å²) in [4.78, 5) is 31.8. The van der Waals surface area contributed by atoms with Gasteiger partial charge in [-0.2, -0.15) is 0 Å². The third kappa shape index (κ3) is 5.32. The van der Waals surface area contributed by atoms with Gasteiger partial charge in [-0.3, -0.25) is 19.4 Å². The van der Waals surface area contributed by atoms with Crippen LogP contribution in [0.4, 0.5) is 5.69 Å². The average Bonchev–Trinajstić information content (AvgIpc) is 3.19. The normalized spacial score (nSPS) is 18.3. The molecule has 1 aliphatic heterocycles. The van der Waals surface area contributed by atoms with Gasteiger partial charge in [-0.05, 0) is 58.5 Å². The van der Waals surface area contributed by atoms with E-state index in [1.165, 1.54) is 0 Å². The number of carbonyl (C=O) groups excluding carboxylic acids is 2. The Bertz CT molecular complexity index is 656. The maximum atomic E-state index is 12.8. The van der Waals surface area contributed by atoms with Gasteiger partial charge >= 0.3 is 0 Å². The SMILES string of the molecule is CCN(CC)C(=O)c1cccc(NC(=O)[C@H](C)N2CC[C@@H](N(CC)CC)C2)c1. The fraction of sp³-hybridized carbons (Fsp3) is 0.636. The Balaban J connectivity index is 1.99. The summed E-state index contributed by atoms with van der Waals surface area (Å²) in [6, 6.07) is 7.57. The Morgan fingerprint density at radius 1 is 1.14 bits per heavy atom. The van der Waals surface area contributed by atoms with Gasteiger partial charge in [-0.1, -0.05) is 19.9 Å². The average molecular weight is 389 g/mol. The molecular weight excluding hydrogens is 352 g/mol. The molecule has 0 aromatic heterocycles. The third-order valence-electron chi connectivity index (χ3n) is 5.88. The van der Waals surface area contributed by atoms with Gasteiger partial charge in [-0.15, -0.1) is 0 Å². The van der Waals surface area contributed by atoms with Gasteiger partial charge in [0.2, 0.25) is 5.91 Å². The lowest BCUT2D eigenvalue weighted by Gasteiger charge is -2.28. The second-order valence-electron chi connectivity index (χ2n) is 7.38. The van der Waals surface area contributed by atoms with Crippen LogP contribution in [0, 0.1) is 0 Å². The molecule has 0 saturated carbocycles. The van der Waals surface area contributed by atoms with Crippen LogP contribution in [-0.4, -0.2) is 77.9 Å². The second-order valence-corrected chi connectivity index (χ2v) is 7.38. The van der Waals surface area contributed by atoms with E-state index in [9.17, 15) is 9.59 Å². The Kier molecular flexibility index (Phi) is 8.45. The van der Waals surface area contributed by atoms with Crippen molar-refractivity contribution < 1.29 is 9.59 Å². The topological polar surface area (TPSA) is 55.9 Å². The van der Waals surface area contributed by atoms with Crippen LogP contribution in [0.3, 0.4) is 0 Å². The number of amides is 2. The number of nitrogens with zero attached hydrogens (tertiary/aromatic N) is 3. The summed E-state index contributed by atoms with van der Waals surface area (Å²) in [6.07, 6.45) is 1.10. The summed E-state index contributed by atoms with van der Waals surface area (Å²) >= 11 is 0. The van der Waals surface area contributed by atoms with Crippen molar-refractivity contribution in [3.63, 3.8) is 0 Å². The second kappa shape index (κ2) is 10.6. The lowest BCUT2D eigenvalue weighted by molar-refractivity contribution is -0.120. The van der Waals surface area contributed by atoms with Crippen molar-refractivity contribution in [3.05, 3.63) is 29.8 Å². The summed E-state index contributed by atoms with van der Waals surface area (Å²) < 4.78 is 0. The minimum Gasteiger partial charge on any atom is -0.339 e. The number of rotatable bonds is 9. The molecule has 2 atom stereocenters. The largest absolute Gasteiger partial charge is 0.339 e. The summed E-state index contributed by atoms with van der Waals surface area (Å²) in [5.41, 5.74) is 1.28. The monoisotopic (exact) mass is 388 g/mol. The zero-order chi connectivity index (χ0) is 20.7. The first kappa shape index (κ1) is 22.4. The van der Waals surface area contributed by atoms with Crippen LogP contribution in [0.1, 0.15) is 51.4 Å². The molecule has 2 amide bonds. The molecule has 1 fully saturated rings. The van der Waals surface area contributed by atoms with E-state index in [2.05, 4.69) is 29.0 Å². The first-order chi connectivity index (χ1) is 13.4. The molecule has 1 aliphatic rings. The molecular formula is C22H36N4O2. The minimum atomic E-state index is -0.192. The van der Waals surface area contributed by atoms with E-state index in [4.69, 9.17) is 0 Å². The van der Waals surface area contributed by atoms with E-state index in [0.29, 0.717) is 30.4 Å². The molecule has 2 rings (SSSR count). The van der Waals surface area contributed by atoms with Crippen LogP contribution < -0.4 is 5.32 Å². The van der Waals surface area contributed by atoms with Crippen molar-refractivity contribution in [3.8, 4) is 0 Å². The van der Waals surface area contributed by atoms with E-state index in [-0.39, 0.29) is 17.9 Å². The minimum absolute atomic E-state index is 0.00393. The maximum Gasteiger partial charge on any atom is 0.253 e. The van der Waals surface area contributed by atoms with Crippen LogP contribution in [-0.2, 0) is 4.79 Å². The fourth-order valence-corrected chi connectivity index (χ4v) is 3.99. The molecule has 0 radical (unpaired) electrons. The number of carbonyl (C=O) groups is 2. The molecule has 0 spiro atoms. The van der Waals surface area contributed by atoms with Crippen molar-refractivity contribution in [1.82, 2.24) is 14.7 Å². The van der Waals surface area contributed by atoms with Gasteiger partial charge in [0.1, 0.15) is 0 Å². The van der Waals surface area contributed by atoms with Crippen molar-refractivity contribution >= 4 is 17.5 Å². The van der Waals surface area contributed by atoms with E-state index >= 15 is 0 Å². The van der Waals surface area contributed by atoms with Crippen molar-refractivity contribution in [2.45, 2.75) is 53.1 Å². The van der Waals surface area contributed by atoms with Crippen LogP contribution in [0.5, 0.6) is 0 Å². The Morgan fingerprint density at radius 2 is 1.82 bits per heavy atom. The fourth-order valence-electron chi connectivity index (χ4n) is 3.99. The molecule has 0 unspecified atom stereocenters. The highest BCUT2D eigenvalue weighted by atomic mass is 16.2. The molecule has 1 aromatic rings. The molecule has 6 nitrogen and oxygen atoms in total. The molecule has 1 heterocycles. The third-order valence-corrected chi connectivity index (χ3v) is 5.88. The highest BCUT2D eigenvalue weighted by Gasteiger charge is 2.31. The number of anilines is 1.